The van der Waals surface area contributed by atoms with Crippen molar-refractivity contribution in [2.75, 3.05) is 33.3 Å². The number of aromatic nitrogens is 1. The number of piperazine rings is 1. The molecule has 100 valence electrons. The lowest BCUT2D eigenvalue weighted by atomic mass is 10.1. The number of fused-ring (bicyclic) bond motifs is 1. The molecule has 2 aromatic rings. The van der Waals surface area contributed by atoms with Gasteiger partial charge >= 0.3 is 0 Å². The quantitative estimate of drug-likeness (QED) is 0.907. The van der Waals surface area contributed by atoms with E-state index in [2.05, 4.69) is 27.3 Å². The lowest BCUT2D eigenvalue weighted by Gasteiger charge is -2.27. The van der Waals surface area contributed by atoms with E-state index in [9.17, 15) is 0 Å². The fraction of sp³-hybridized carbons (Fsp3) is 0.400. The van der Waals surface area contributed by atoms with Crippen molar-refractivity contribution in [2.24, 2.45) is 0 Å². The van der Waals surface area contributed by atoms with Crippen molar-refractivity contribution in [1.82, 2.24) is 15.2 Å². The highest BCUT2D eigenvalue weighted by Gasteiger charge is 2.13. The highest BCUT2D eigenvalue weighted by molar-refractivity contribution is 5.87. The number of ether oxygens (including phenoxy) is 1. The minimum Gasteiger partial charge on any atom is -0.494 e. The smallest absolute Gasteiger partial charge is 0.145 e. The average molecular weight is 257 g/mol. The van der Waals surface area contributed by atoms with Crippen LogP contribution in [0.3, 0.4) is 0 Å². The fourth-order valence-electron chi connectivity index (χ4n) is 2.62. The van der Waals surface area contributed by atoms with E-state index in [1.165, 1.54) is 10.9 Å². The third kappa shape index (κ3) is 2.55. The van der Waals surface area contributed by atoms with Crippen LogP contribution in [-0.4, -0.2) is 43.2 Å². The first kappa shape index (κ1) is 12.4. The maximum absolute atomic E-state index is 5.39. The molecule has 0 atom stereocenters. The van der Waals surface area contributed by atoms with Crippen molar-refractivity contribution in [2.45, 2.75) is 6.54 Å². The molecule has 1 aliphatic rings. The molecular formula is C15H19N3O. The minimum atomic E-state index is 0.847. The van der Waals surface area contributed by atoms with Crippen LogP contribution in [0.25, 0.3) is 10.9 Å². The van der Waals surface area contributed by atoms with Crippen LogP contribution in [0.4, 0.5) is 0 Å². The van der Waals surface area contributed by atoms with Gasteiger partial charge in [-0.2, -0.15) is 0 Å². The van der Waals surface area contributed by atoms with Gasteiger partial charge in [-0.1, -0.05) is 12.1 Å². The Labute approximate surface area is 113 Å². The molecule has 0 bridgehead atoms. The first-order valence-electron chi connectivity index (χ1n) is 6.72. The molecule has 0 unspecified atom stereocenters. The van der Waals surface area contributed by atoms with Crippen LogP contribution in [0, 0.1) is 0 Å². The Morgan fingerprint density at radius 1 is 1.26 bits per heavy atom. The first-order valence-corrected chi connectivity index (χ1v) is 6.72. The van der Waals surface area contributed by atoms with Crippen LogP contribution in [0.2, 0.25) is 0 Å². The lowest BCUT2D eigenvalue weighted by molar-refractivity contribution is 0.234. The third-order valence-corrected chi connectivity index (χ3v) is 3.65. The Kier molecular flexibility index (Phi) is 3.62. The summed E-state index contributed by atoms with van der Waals surface area (Å²) in [6, 6.07) is 8.29. The van der Waals surface area contributed by atoms with Crippen molar-refractivity contribution in [3.63, 3.8) is 0 Å². The van der Waals surface area contributed by atoms with Crippen LogP contribution < -0.4 is 10.1 Å². The molecule has 0 amide bonds. The molecule has 1 N–H and O–H groups in total. The maximum Gasteiger partial charge on any atom is 0.145 e. The van der Waals surface area contributed by atoms with Crippen LogP contribution in [0.15, 0.2) is 30.5 Å². The topological polar surface area (TPSA) is 37.4 Å². The molecule has 0 spiro atoms. The molecule has 0 aliphatic carbocycles. The van der Waals surface area contributed by atoms with E-state index in [0.717, 1.165) is 44.0 Å². The number of hydrogen-bond acceptors (Lipinski definition) is 4. The summed E-state index contributed by atoms with van der Waals surface area (Å²) >= 11 is 0. The monoisotopic (exact) mass is 257 g/mol. The maximum atomic E-state index is 5.39. The van der Waals surface area contributed by atoms with Gasteiger partial charge < -0.3 is 10.1 Å². The molecule has 4 heteroatoms. The van der Waals surface area contributed by atoms with E-state index in [0.29, 0.717) is 0 Å². The van der Waals surface area contributed by atoms with Gasteiger partial charge in [-0.15, -0.1) is 0 Å². The predicted octanol–water partition coefficient (Wildman–Crippen LogP) is 1.65. The van der Waals surface area contributed by atoms with Gasteiger partial charge in [-0.25, -0.2) is 0 Å². The summed E-state index contributed by atoms with van der Waals surface area (Å²) in [5.41, 5.74) is 2.28. The standard InChI is InChI=1S/C15H19N3O/c1-19-14-5-4-12(11-18-9-7-16-8-10-18)13-3-2-6-17-15(13)14/h2-6,16H,7-11H2,1H3. The molecular weight excluding hydrogens is 238 g/mol. The zero-order valence-corrected chi connectivity index (χ0v) is 11.2. The van der Waals surface area contributed by atoms with Crippen LogP contribution >= 0.6 is 0 Å². The number of rotatable bonds is 3. The summed E-state index contributed by atoms with van der Waals surface area (Å²) in [5.74, 6) is 0.847. The van der Waals surface area contributed by atoms with E-state index in [1.807, 2.05) is 18.3 Å². The van der Waals surface area contributed by atoms with E-state index in [1.54, 1.807) is 7.11 Å². The van der Waals surface area contributed by atoms with Crippen LogP contribution in [0.5, 0.6) is 5.75 Å². The van der Waals surface area contributed by atoms with Crippen molar-refractivity contribution in [3.05, 3.63) is 36.0 Å². The minimum absolute atomic E-state index is 0.847. The second-order valence-corrected chi connectivity index (χ2v) is 4.85. The van der Waals surface area contributed by atoms with Gasteiger partial charge in [0.15, 0.2) is 0 Å². The second kappa shape index (κ2) is 5.55. The molecule has 19 heavy (non-hydrogen) atoms. The highest BCUT2D eigenvalue weighted by Crippen LogP contribution is 2.27. The highest BCUT2D eigenvalue weighted by atomic mass is 16.5. The van der Waals surface area contributed by atoms with Gasteiger partial charge in [0.05, 0.1) is 7.11 Å². The zero-order valence-electron chi connectivity index (χ0n) is 11.2. The van der Waals surface area contributed by atoms with Gasteiger partial charge in [-0.3, -0.25) is 9.88 Å². The third-order valence-electron chi connectivity index (χ3n) is 3.65. The summed E-state index contributed by atoms with van der Waals surface area (Å²) in [6.45, 7) is 5.34. The molecule has 1 fully saturated rings. The normalized spacial score (nSPS) is 16.7. The van der Waals surface area contributed by atoms with E-state index in [-0.39, 0.29) is 0 Å². The van der Waals surface area contributed by atoms with Crippen LogP contribution in [0.1, 0.15) is 5.56 Å². The van der Waals surface area contributed by atoms with E-state index >= 15 is 0 Å². The summed E-state index contributed by atoms with van der Waals surface area (Å²) in [6.07, 6.45) is 1.82. The van der Waals surface area contributed by atoms with Gasteiger partial charge in [0, 0.05) is 44.3 Å². The van der Waals surface area contributed by atoms with Crippen molar-refractivity contribution in [3.8, 4) is 5.75 Å². The first-order chi connectivity index (χ1) is 9.38. The fourth-order valence-corrected chi connectivity index (χ4v) is 2.62. The lowest BCUT2D eigenvalue weighted by Crippen LogP contribution is -2.42. The van der Waals surface area contributed by atoms with Crippen molar-refractivity contribution >= 4 is 10.9 Å². The molecule has 0 radical (unpaired) electrons. The van der Waals surface area contributed by atoms with Gasteiger partial charge in [0.1, 0.15) is 11.3 Å². The molecule has 0 saturated carbocycles. The number of benzene rings is 1. The molecule has 1 aromatic carbocycles. The Hall–Kier alpha value is -1.65. The summed E-state index contributed by atoms with van der Waals surface area (Å²) in [4.78, 5) is 6.93. The number of methoxy groups -OCH3 is 1. The summed E-state index contributed by atoms with van der Waals surface area (Å²) < 4.78 is 5.39. The number of nitrogens with zero attached hydrogens (tertiary/aromatic N) is 2. The zero-order chi connectivity index (χ0) is 13.1. The Balaban J connectivity index is 1.94. The van der Waals surface area contributed by atoms with Crippen molar-refractivity contribution in [1.29, 1.82) is 0 Å². The molecule has 1 aliphatic heterocycles. The number of nitrogens with one attached hydrogen (secondary N) is 1. The molecule has 1 aromatic heterocycles. The van der Waals surface area contributed by atoms with Crippen LogP contribution in [-0.2, 0) is 6.54 Å². The van der Waals surface area contributed by atoms with Gasteiger partial charge in [0.2, 0.25) is 0 Å². The Bertz CT molecular complexity index is 564. The Morgan fingerprint density at radius 3 is 2.89 bits per heavy atom. The second-order valence-electron chi connectivity index (χ2n) is 4.85. The predicted molar refractivity (Wildman–Crippen MR) is 76.4 cm³/mol. The SMILES string of the molecule is COc1ccc(CN2CCNCC2)c2cccnc12. The van der Waals surface area contributed by atoms with E-state index < -0.39 is 0 Å². The summed E-state index contributed by atoms with van der Waals surface area (Å²) in [5, 5.41) is 4.58. The van der Waals surface area contributed by atoms with Gasteiger partial charge in [-0.05, 0) is 17.7 Å². The molecule has 2 heterocycles. The molecule has 4 nitrogen and oxygen atoms in total. The van der Waals surface area contributed by atoms with Crippen molar-refractivity contribution < 1.29 is 4.74 Å². The molecule has 1 saturated heterocycles. The van der Waals surface area contributed by atoms with E-state index in [4.69, 9.17) is 4.74 Å². The van der Waals surface area contributed by atoms with Gasteiger partial charge in [0.25, 0.3) is 0 Å². The molecule has 3 rings (SSSR count). The average Bonchev–Trinajstić information content (AvgIpc) is 2.49. The largest absolute Gasteiger partial charge is 0.494 e. The number of hydrogen-bond donors (Lipinski definition) is 1. The Morgan fingerprint density at radius 2 is 2.11 bits per heavy atom. The summed E-state index contributed by atoms with van der Waals surface area (Å²) in [7, 11) is 1.69. The number of pyridine rings is 1.